The molecule has 2 rings (SSSR count). The quantitative estimate of drug-likeness (QED) is 0.928. The first-order valence-electron chi connectivity index (χ1n) is 6.30. The molecule has 1 saturated heterocycles. The predicted molar refractivity (Wildman–Crippen MR) is 73.6 cm³/mol. The maximum Gasteiger partial charge on any atom is 0.0410 e. The molecule has 0 bridgehead atoms. The highest BCUT2D eigenvalue weighted by Gasteiger charge is 2.18. The van der Waals surface area contributed by atoms with Crippen LogP contribution in [0, 0.1) is 5.92 Å². The molecule has 2 heterocycles. The van der Waals surface area contributed by atoms with Gasteiger partial charge in [0.15, 0.2) is 0 Å². The number of rotatable bonds is 4. The highest BCUT2D eigenvalue weighted by Crippen LogP contribution is 2.21. The van der Waals surface area contributed by atoms with Gasteiger partial charge < -0.3 is 5.73 Å². The summed E-state index contributed by atoms with van der Waals surface area (Å²) < 4.78 is 1.06. The largest absolute Gasteiger partial charge is 0.330 e. The average molecular weight is 298 g/mol. The van der Waals surface area contributed by atoms with Crippen molar-refractivity contribution in [3.8, 4) is 0 Å². The van der Waals surface area contributed by atoms with Crippen LogP contribution in [0.15, 0.2) is 22.9 Å². The van der Waals surface area contributed by atoms with Crippen molar-refractivity contribution in [3.05, 3.63) is 28.5 Å². The van der Waals surface area contributed by atoms with Gasteiger partial charge in [-0.25, -0.2) is 0 Å². The molecule has 1 aliphatic heterocycles. The number of piperidine rings is 1. The Bertz CT molecular complexity index is 348. The molecule has 0 aliphatic carbocycles. The molecule has 0 radical (unpaired) electrons. The Morgan fingerprint density at radius 2 is 2.12 bits per heavy atom. The van der Waals surface area contributed by atoms with E-state index in [0.29, 0.717) is 0 Å². The Labute approximate surface area is 112 Å². The summed E-state index contributed by atoms with van der Waals surface area (Å²) in [5, 5.41) is 0. The van der Waals surface area contributed by atoms with Crippen LogP contribution >= 0.6 is 15.9 Å². The fourth-order valence-corrected chi connectivity index (χ4v) is 2.88. The molecule has 3 nitrogen and oxygen atoms in total. The van der Waals surface area contributed by atoms with E-state index in [1.54, 1.807) is 0 Å². The lowest BCUT2D eigenvalue weighted by molar-refractivity contribution is 0.173. The molecule has 2 N–H and O–H groups in total. The number of aromatic nitrogens is 1. The molecular weight excluding hydrogens is 278 g/mol. The van der Waals surface area contributed by atoms with Crippen molar-refractivity contribution in [1.82, 2.24) is 9.88 Å². The normalized spacial score (nSPS) is 18.5. The number of nitrogens with two attached hydrogens (primary N) is 1. The number of pyridine rings is 1. The van der Waals surface area contributed by atoms with Gasteiger partial charge in [-0.15, -0.1) is 0 Å². The Morgan fingerprint density at radius 1 is 1.35 bits per heavy atom. The maximum atomic E-state index is 5.61. The van der Waals surface area contributed by atoms with Gasteiger partial charge in [-0.2, -0.15) is 0 Å². The molecule has 0 amide bonds. The number of nitrogens with zero attached hydrogens (tertiary/aromatic N) is 2. The van der Waals surface area contributed by atoms with Crippen LogP contribution in [0.25, 0.3) is 0 Å². The van der Waals surface area contributed by atoms with Gasteiger partial charge in [0.05, 0.1) is 0 Å². The molecule has 17 heavy (non-hydrogen) atoms. The van der Waals surface area contributed by atoms with Gasteiger partial charge >= 0.3 is 0 Å². The standard InChI is InChI=1S/C13H20BrN3/c14-13-7-12(8-16-9-13)10-17-5-2-11(1-4-15)3-6-17/h7-9,11H,1-6,10,15H2. The van der Waals surface area contributed by atoms with E-state index in [1.165, 1.54) is 37.9 Å². The third-order valence-electron chi connectivity index (χ3n) is 3.45. The summed E-state index contributed by atoms with van der Waals surface area (Å²) in [6.07, 6.45) is 7.55. The van der Waals surface area contributed by atoms with Crippen molar-refractivity contribution in [2.24, 2.45) is 11.7 Å². The minimum atomic E-state index is 0.834. The van der Waals surface area contributed by atoms with Crippen LogP contribution < -0.4 is 5.73 Å². The van der Waals surface area contributed by atoms with Crippen molar-refractivity contribution in [3.63, 3.8) is 0 Å². The molecule has 0 spiro atoms. The molecule has 1 aromatic heterocycles. The average Bonchev–Trinajstić information content (AvgIpc) is 2.32. The van der Waals surface area contributed by atoms with Crippen LogP contribution in [0.2, 0.25) is 0 Å². The third kappa shape index (κ3) is 4.05. The fourth-order valence-electron chi connectivity index (χ4n) is 2.47. The van der Waals surface area contributed by atoms with E-state index in [4.69, 9.17) is 5.73 Å². The van der Waals surface area contributed by atoms with Crippen molar-refractivity contribution in [2.75, 3.05) is 19.6 Å². The number of halogens is 1. The van der Waals surface area contributed by atoms with E-state index in [-0.39, 0.29) is 0 Å². The van der Waals surface area contributed by atoms with Crippen LogP contribution in [0.4, 0.5) is 0 Å². The molecule has 0 aromatic carbocycles. The smallest absolute Gasteiger partial charge is 0.0410 e. The zero-order valence-corrected chi connectivity index (χ0v) is 11.7. The Balaban J connectivity index is 1.82. The Morgan fingerprint density at radius 3 is 2.76 bits per heavy atom. The second-order valence-corrected chi connectivity index (χ2v) is 5.72. The van der Waals surface area contributed by atoms with Crippen LogP contribution in [0.1, 0.15) is 24.8 Å². The number of hydrogen-bond acceptors (Lipinski definition) is 3. The first-order valence-corrected chi connectivity index (χ1v) is 7.09. The zero-order valence-electron chi connectivity index (χ0n) is 10.1. The van der Waals surface area contributed by atoms with E-state index in [1.807, 2.05) is 12.4 Å². The van der Waals surface area contributed by atoms with Gasteiger partial charge in [0.25, 0.3) is 0 Å². The summed E-state index contributed by atoms with van der Waals surface area (Å²) in [6, 6.07) is 2.15. The van der Waals surface area contributed by atoms with Crippen LogP contribution in [-0.2, 0) is 6.54 Å². The first kappa shape index (κ1) is 13.0. The van der Waals surface area contributed by atoms with E-state index in [9.17, 15) is 0 Å². The van der Waals surface area contributed by atoms with Gasteiger partial charge in [-0.1, -0.05) is 0 Å². The summed E-state index contributed by atoms with van der Waals surface area (Å²) in [7, 11) is 0. The molecule has 0 saturated carbocycles. The van der Waals surface area contributed by atoms with Crippen LogP contribution in [0.3, 0.4) is 0 Å². The Kier molecular flexibility index (Phi) is 4.95. The van der Waals surface area contributed by atoms with Crippen molar-refractivity contribution < 1.29 is 0 Å². The van der Waals surface area contributed by atoms with Crippen molar-refractivity contribution in [1.29, 1.82) is 0 Å². The lowest BCUT2D eigenvalue weighted by Gasteiger charge is -2.31. The van der Waals surface area contributed by atoms with Crippen LogP contribution in [-0.4, -0.2) is 29.5 Å². The second-order valence-electron chi connectivity index (χ2n) is 4.81. The molecule has 0 atom stereocenters. The summed E-state index contributed by atoms with van der Waals surface area (Å²) >= 11 is 3.46. The third-order valence-corrected chi connectivity index (χ3v) is 3.88. The molecule has 1 fully saturated rings. The minimum absolute atomic E-state index is 0.834. The molecule has 0 unspecified atom stereocenters. The highest BCUT2D eigenvalue weighted by atomic mass is 79.9. The number of hydrogen-bond donors (Lipinski definition) is 1. The van der Waals surface area contributed by atoms with Gasteiger partial charge in [-0.05, 0) is 72.4 Å². The van der Waals surface area contributed by atoms with Gasteiger partial charge in [0.1, 0.15) is 0 Å². The SMILES string of the molecule is NCCC1CCN(Cc2cncc(Br)c2)CC1. The molecule has 1 aliphatic rings. The monoisotopic (exact) mass is 297 g/mol. The molecule has 94 valence electrons. The fraction of sp³-hybridized carbons (Fsp3) is 0.615. The second kappa shape index (κ2) is 6.47. The lowest BCUT2D eigenvalue weighted by atomic mass is 9.93. The van der Waals surface area contributed by atoms with E-state index >= 15 is 0 Å². The molecule has 4 heteroatoms. The van der Waals surface area contributed by atoms with Gasteiger partial charge in [0.2, 0.25) is 0 Å². The highest BCUT2D eigenvalue weighted by molar-refractivity contribution is 9.10. The minimum Gasteiger partial charge on any atom is -0.330 e. The van der Waals surface area contributed by atoms with E-state index in [0.717, 1.165) is 23.5 Å². The summed E-state index contributed by atoms with van der Waals surface area (Å²) in [6.45, 7) is 4.23. The summed E-state index contributed by atoms with van der Waals surface area (Å²) in [5.41, 5.74) is 6.90. The molecular formula is C13H20BrN3. The first-order chi connectivity index (χ1) is 8.28. The summed E-state index contributed by atoms with van der Waals surface area (Å²) in [5.74, 6) is 0.844. The van der Waals surface area contributed by atoms with E-state index in [2.05, 4.69) is 31.9 Å². The van der Waals surface area contributed by atoms with Gasteiger partial charge in [0, 0.05) is 23.4 Å². The van der Waals surface area contributed by atoms with Crippen molar-refractivity contribution >= 4 is 15.9 Å². The molecule has 1 aromatic rings. The number of likely N-dealkylation sites (tertiary alicyclic amines) is 1. The zero-order chi connectivity index (χ0) is 12.1. The summed E-state index contributed by atoms with van der Waals surface area (Å²) in [4.78, 5) is 6.71. The predicted octanol–water partition coefficient (Wildman–Crippen LogP) is 2.40. The maximum absolute atomic E-state index is 5.61. The topological polar surface area (TPSA) is 42.1 Å². The van der Waals surface area contributed by atoms with Crippen molar-refractivity contribution in [2.45, 2.75) is 25.8 Å². The van der Waals surface area contributed by atoms with Gasteiger partial charge in [-0.3, -0.25) is 9.88 Å². The lowest BCUT2D eigenvalue weighted by Crippen LogP contribution is -2.33. The Hall–Kier alpha value is -0.450. The van der Waals surface area contributed by atoms with Crippen LogP contribution in [0.5, 0.6) is 0 Å². The van der Waals surface area contributed by atoms with E-state index < -0.39 is 0 Å².